The molecule has 0 atom stereocenters. The van der Waals surface area contributed by atoms with Crippen molar-refractivity contribution in [1.29, 1.82) is 0 Å². The van der Waals surface area contributed by atoms with Gasteiger partial charge in [0.25, 0.3) is 5.91 Å². The van der Waals surface area contributed by atoms with Crippen LogP contribution < -0.4 is 10.1 Å². The molecule has 2 aliphatic rings. The third kappa shape index (κ3) is 6.89. The van der Waals surface area contributed by atoms with E-state index in [2.05, 4.69) is 12.2 Å². The number of benzene rings is 1. The van der Waals surface area contributed by atoms with E-state index < -0.39 is 0 Å². The Labute approximate surface area is 180 Å². The molecular weight excluding hydrogens is 390 g/mol. The highest BCUT2D eigenvalue weighted by Gasteiger charge is 2.32. The van der Waals surface area contributed by atoms with Crippen LogP contribution in [0.3, 0.4) is 0 Å². The minimum atomic E-state index is -0.000935. The summed E-state index contributed by atoms with van der Waals surface area (Å²) in [4.78, 5) is 29.1. The molecule has 1 aromatic carbocycles. The van der Waals surface area contributed by atoms with Crippen molar-refractivity contribution in [2.75, 3.05) is 45.9 Å². The number of amides is 2. The van der Waals surface area contributed by atoms with Crippen LogP contribution in [0.1, 0.15) is 32.6 Å². The van der Waals surface area contributed by atoms with Gasteiger partial charge >= 0.3 is 0 Å². The van der Waals surface area contributed by atoms with Crippen LogP contribution in [0, 0.1) is 11.8 Å². The Morgan fingerprint density at radius 2 is 1.62 bits per heavy atom. The van der Waals surface area contributed by atoms with Gasteiger partial charge in [0.15, 0.2) is 6.61 Å². The van der Waals surface area contributed by atoms with Crippen LogP contribution >= 0.6 is 12.4 Å². The van der Waals surface area contributed by atoms with Gasteiger partial charge in [-0.1, -0.05) is 25.1 Å². The van der Waals surface area contributed by atoms with E-state index in [1.807, 2.05) is 40.1 Å². The van der Waals surface area contributed by atoms with Gasteiger partial charge in [0.2, 0.25) is 5.91 Å². The predicted octanol–water partition coefficient (Wildman–Crippen LogP) is 2.57. The minimum absolute atomic E-state index is 0. The van der Waals surface area contributed by atoms with E-state index in [-0.39, 0.29) is 36.7 Å². The van der Waals surface area contributed by atoms with E-state index in [0.29, 0.717) is 24.8 Å². The third-order valence-corrected chi connectivity index (χ3v) is 5.91. The maximum Gasteiger partial charge on any atom is 0.260 e. The maximum absolute atomic E-state index is 12.8. The normalized spacial score (nSPS) is 18.2. The summed E-state index contributed by atoms with van der Waals surface area (Å²) in [6, 6.07) is 9.39. The van der Waals surface area contributed by atoms with Crippen molar-refractivity contribution >= 4 is 24.2 Å². The van der Waals surface area contributed by atoms with Crippen molar-refractivity contribution in [3.8, 4) is 5.75 Å². The second-order valence-corrected chi connectivity index (χ2v) is 7.83. The Bertz CT molecular complexity index is 627. The van der Waals surface area contributed by atoms with E-state index in [1.165, 1.54) is 0 Å². The molecule has 0 aromatic heterocycles. The average Bonchev–Trinajstić information content (AvgIpc) is 2.76. The second kappa shape index (κ2) is 12.0. The molecule has 29 heavy (non-hydrogen) atoms. The lowest BCUT2D eigenvalue weighted by molar-refractivity contribution is -0.142. The summed E-state index contributed by atoms with van der Waals surface area (Å²) < 4.78 is 5.56. The fraction of sp³-hybridized carbons (Fsp3) is 0.636. The Morgan fingerprint density at radius 3 is 2.24 bits per heavy atom. The SMILES string of the molecule is CCNCC1CCN(C(=O)C2CCN(C(=O)COc3ccccc3)CC2)CC1.Cl. The van der Waals surface area contributed by atoms with Gasteiger partial charge in [0.1, 0.15) is 5.75 Å². The zero-order valence-electron chi connectivity index (χ0n) is 17.3. The van der Waals surface area contributed by atoms with Crippen molar-refractivity contribution in [2.24, 2.45) is 11.8 Å². The number of rotatable bonds is 7. The molecule has 7 heteroatoms. The highest BCUT2D eigenvalue weighted by Crippen LogP contribution is 2.24. The number of carbonyl (C=O) groups excluding carboxylic acids is 2. The first-order chi connectivity index (χ1) is 13.7. The number of ether oxygens (including phenoxy) is 1. The summed E-state index contributed by atoms with van der Waals surface area (Å²) in [5.41, 5.74) is 0. The summed E-state index contributed by atoms with van der Waals surface area (Å²) in [5, 5.41) is 3.41. The molecule has 2 fully saturated rings. The standard InChI is InChI=1S/C22H33N3O3.ClH/c1-2-23-16-18-8-12-25(13-9-18)22(27)19-10-14-24(15-11-19)21(26)17-28-20-6-4-3-5-7-20;/h3-7,18-19,23H,2,8-17H2,1H3;1H. The molecule has 0 aliphatic carbocycles. The van der Waals surface area contributed by atoms with Crippen LogP contribution in [0.5, 0.6) is 5.75 Å². The molecule has 0 saturated carbocycles. The number of halogens is 1. The van der Waals surface area contributed by atoms with Gasteiger partial charge in [-0.15, -0.1) is 12.4 Å². The van der Waals surface area contributed by atoms with Crippen LogP contribution in [-0.4, -0.2) is 67.5 Å². The first-order valence-electron chi connectivity index (χ1n) is 10.6. The molecule has 2 saturated heterocycles. The Kier molecular flexibility index (Phi) is 9.74. The molecule has 162 valence electrons. The highest BCUT2D eigenvalue weighted by atomic mass is 35.5. The van der Waals surface area contributed by atoms with Gasteiger partial charge < -0.3 is 19.9 Å². The fourth-order valence-electron chi connectivity index (χ4n) is 4.09. The van der Waals surface area contributed by atoms with Gasteiger partial charge in [-0.3, -0.25) is 9.59 Å². The van der Waals surface area contributed by atoms with Crippen LogP contribution in [-0.2, 0) is 9.59 Å². The van der Waals surface area contributed by atoms with Gasteiger partial charge in [-0.25, -0.2) is 0 Å². The van der Waals surface area contributed by atoms with E-state index in [4.69, 9.17) is 4.74 Å². The molecule has 0 unspecified atom stereocenters. The number of para-hydroxylation sites is 1. The van der Waals surface area contributed by atoms with Crippen molar-refractivity contribution < 1.29 is 14.3 Å². The summed E-state index contributed by atoms with van der Waals surface area (Å²) in [5.74, 6) is 1.74. The molecular formula is C22H34ClN3O3. The monoisotopic (exact) mass is 423 g/mol. The molecule has 0 spiro atoms. The smallest absolute Gasteiger partial charge is 0.260 e. The van der Waals surface area contributed by atoms with Gasteiger partial charge in [-0.05, 0) is 56.8 Å². The van der Waals surface area contributed by atoms with E-state index in [1.54, 1.807) is 0 Å². The second-order valence-electron chi connectivity index (χ2n) is 7.83. The molecule has 6 nitrogen and oxygen atoms in total. The fourth-order valence-corrected chi connectivity index (χ4v) is 4.09. The lowest BCUT2D eigenvalue weighted by atomic mass is 9.92. The topological polar surface area (TPSA) is 61.9 Å². The zero-order chi connectivity index (χ0) is 19.8. The van der Waals surface area contributed by atoms with Crippen molar-refractivity contribution in [2.45, 2.75) is 32.6 Å². The molecule has 0 bridgehead atoms. The maximum atomic E-state index is 12.8. The van der Waals surface area contributed by atoms with Gasteiger partial charge in [0, 0.05) is 32.1 Å². The van der Waals surface area contributed by atoms with Gasteiger partial charge in [-0.2, -0.15) is 0 Å². The number of nitrogens with one attached hydrogen (secondary N) is 1. The van der Waals surface area contributed by atoms with Crippen LogP contribution in [0.25, 0.3) is 0 Å². The summed E-state index contributed by atoms with van der Waals surface area (Å²) in [6.45, 7) is 7.29. The van der Waals surface area contributed by atoms with Crippen LogP contribution in [0.4, 0.5) is 0 Å². The summed E-state index contributed by atoms with van der Waals surface area (Å²) in [6.07, 6.45) is 3.69. The zero-order valence-corrected chi connectivity index (χ0v) is 18.2. The largest absolute Gasteiger partial charge is 0.484 e. The lowest BCUT2D eigenvalue weighted by Crippen LogP contribution is -2.47. The van der Waals surface area contributed by atoms with E-state index >= 15 is 0 Å². The minimum Gasteiger partial charge on any atom is -0.484 e. The number of hydrogen-bond donors (Lipinski definition) is 1. The first kappa shape index (κ1) is 23.5. The summed E-state index contributed by atoms with van der Waals surface area (Å²) in [7, 11) is 0. The lowest BCUT2D eigenvalue weighted by Gasteiger charge is -2.37. The highest BCUT2D eigenvalue weighted by molar-refractivity contribution is 5.85. The van der Waals surface area contributed by atoms with Crippen molar-refractivity contribution in [3.63, 3.8) is 0 Å². The Hall–Kier alpha value is -1.79. The van der Waals surface area contributed by atoms with Gasteiger partial charge in [0.05, 0.1) is 0 Å². The molecule has 2 heterocycles. The quantitative estimate of drug-likeness (QED) is 0.732. The third-order valence-electron chi connectivity index (χ3n) is 5.91. The summed E-state index contributed by atoms with van der Waals surface area (Å²) >= 11 is 0. The number of hydrogen-bond acceptors (Lipinski definition) is 4. The van der Waals surface area contributed by atoms with Crippen LogP contribution in [0.15, 0.2) is 30.3 Å². The molecule has 0 radical (unpaired) electrons. The molecule has 2 amide bonds. The van der Waals surface area contributed by atoms with E-state index in [9.17, 15) is 9.59 Å². The predicted molar refractivity (Wildman–Crippen MR) is 116 cm³/mol. The molecule has 1 aromatic rings. The Morgan fingerprint density at radius 1 is 1.00 bits per heavy atom. The van der Waals surface area contributed by atoms with Crippen molar-refractivity contribution in [1.82, 2.24) is 15.1 Å². The van der Waals surface area contributed by atoms with Crippen LogP contribution in [0.2, 0.25) is 0 Å². The number of piperidine rings is 2. The Balaban J connectivity index is 0.00000300. The molecule has 3 rings (SSSR count). The first-order valence-corrected chi connectivity index (χ1v) is 10.6. The van der Waals surface area contributed by atoms with Crippen molar-refractivity contribution in [3.05, 3.63) is 30.3 Å². The van der Waals surface area contributed by atoms with E-state index in [0.717, 1.165) is 51.9 Å². The number of carbonyl (C=O) groups is 2. The number of nitrogens with zero attached hydrogens (tertiary/aromatic N) is 2. The average molecular weight is 424 g/mol. The molecule has 2 aliphatic heterocycles. The molecule has 1 N–H and O–H groups in total. The number of likely N-dealkylation sites (tertiary alicyclic amines) is 2.